The number of allylic oxidation sites excluding steroid dienone is 1. The topological polar surface area (TPSA) is 79.2 Å². The van der Waals surface area contributed by atoms with Crippen LogP contribution in [0.25, 0.3) is 5.57 Å². The first-order valence-corrected chi connectivity index (χ1v) is 10.6. The largest absolute Gasteiger partial charge is 0.399 e. The number of amides is 1. The number of nitrogens with one attached hydrogen (secondary N) is 3. The summed E-state index contributed by atoms with van der Waals surface area (Å²) in [5, 5.41) is 9.87. The Balaban J connectivity index is 1.38. The molecule has 2 aromatic rings. The lowest BCUT2D eigenvalue weighted by atomic mass is 9.89. The van der Waals surface area contributed by atoms with Crippen LogP contribution in [0, 0.1) is 5.92 Å². The van der Waals surface area contributed by atoms with Gasteiger partial charge in [-0.1, -0.05) is 31.4 Å². The maximum atomic E-state index is 12.4. The molecule has 0 atom stereocenters. The van der Waals surface area contributed by atoms with E-state index >= 15 is 0 Å². The highest BCUT2D eigenvalue weighted by Gasteiger charge is 2.26. The van der Waals surface area contributed by atoms with Crippen LogP contribution in [0.5, 0.6) is 0 Å². The van der Waals surface area contributed by atoms with E-state index in [-0.39, 0.29) is 5.91 Å². The number of benzene rings is 2. The van der Waals surface area contributed by atoms with Crippen molar-refractivity contribution in [1.29, 1.82) is 0 Å². The summed E-state index contributed by atoms with van der Waals surface area (Å²) in [5.41, 5.74) is 11.9. The lowest BCUT2D eigenvalue weighted by molar-refractivity contribution is -0.110. The molecule has 1 aliphatic heterocycles. The third-order valence-corrected chi connectivity index (χ3v) is 5.94. The number of nitrogen functional groups attached to an aromatic ring is 1. The first kappa shape index (κ1) is 19.5. The summed E-state index contributed by atoms with van der Waals surface area (Å²) in [6.45, 7) is 3.93. The predicted molar refractivity (Wildman–Crippen MR) is 120 cm³/mol. The van der Waals surface area contributed by atoms with Crippen molar-refractivity contribution in [1.82, 2.24) is 5.32 Å². The molecule has 1 saturated carbocycles. The minimum Gasteiger partial charge on any atom is -0.399 e. The van der Waals surface area contributed by atoms with E-state index in [4.69, 9.17) is 5.73 Å². The van der Waals surface area contributed by atoms with Crippen molar-refractivity contribution in [2.24, 2.45) is 5.92 Å². The summed E-state index contributed by atoms with van der Waals surface area (Å²) in [7, 11) is 0. The van der Waals surface area contributed by atoms with Gasteiger partial charge in [0, 0.05) is 34.9 Å². The zero-order valence-electron chi connectivity index (χ0n) is 17.1. The van der Waals surface area contributed by atoms with E-state index in [1.54, 1.807) is 6.07 Å². The molecule has 5 heteroatoms. The van der Waals surface area contributed by atoms with Gasteiger partial charge in [0.25, 0.3) is 5.91 Å². The van der Waals surface area contributed by atoms with Crippen molar-refractivity contribution >= 4 is 28.5 Å². The third kappa shape index (κ3) is 4.62. The van der Waals surface area contributed by atoms with Gasteiger partial charge in [0.1, 0.15) is 0 Å². The van der Waals surface area contributed by atoms with E-state index in [1.807, 2.05) is 19.1 Å². The Kier molecular flexibility index (Phi) is 5.86. The summed E-state index contributed by atoms with van der Waals surface area (Å²) in [6.07, 6.45) is 6.91. The number of nitrogens with two attached hydrogens (primary N) is 1. The van der Waals surface area contributed by atoms with Crippen LogP contribution in [0.4, 0.5) is 17.1 Å². The number of hydrogen-bond donors (Lipinski definition) is 4. The lowest BCUT2D eigenvalue weighted by Crippen LogP contribution is -2.24. The minimum atomic E-state index is -0.0980. The van der Waals surface area contributed by atoms with Crippen molar-refractivity contribution in [3.05, 3.63) is 59.3 Å². The first-order valence-electron chi connectivity index (χ1n) is 10.6. The zero-order valence-corrected chi connectivity index (χ0v) is 17.1. The molecular formula is C24H30N4O. The molecule has 5 N–H and O–H groups in total. The molecule has 0 radical (unpaired) electrons. The quantitative estimate of drug-likeness (QED) is 0.425. The average molecular weight is 391 g/mol. The summed E-state index contributed by atoms with van der Waals surface area (Å²) >= 11 is 0. The van der Waals surface area contributed by atoms with Gasteiger partial charge in [-0.25, -0.2) is 0 Å². The van der Waals surface area contributed by atoms with Crippen molar-refractivity contribution in [2.45, 2.75) is 45.6 Å². The van der Waals surface area contributed by atoms with E-state index in [0.717, 1.165) is 41.6 Å². The second-order valence-corrected chi connectivity index (χ2v) is 8.22. The number of carbonyl (C=O) groups excluding carboxylic acids is 1. The first-order chi connectivity index (χ1) is 14.1. The number of carbonyl (C=O) groups is 1. The molecule has 1 amide bonds. The predicted octanol–water partition coefficient (Wildman–Crippen LogP) is 4.73. The number of anilines is 3. The Morgan fingerprint density at radius 3 is 2.62 bits per heavy atom. The fourth-order valence-electron chi connectivity index (χ4n) is 4.35. The normalized spacial score (nSPS) is 18.3. The van der Waals surface area contributed by atoms with Gasteiger partial charge in [0.05, 0.1) is 5.57 Å². The number of hydrogen-bond acceptors (Lipinski definition) is 4. The van der Waals surface area contributed by atoms with E-state index in [0.29, 0.717) is 11.3 Å². The van der Waals surface area contributed by atoms with E-state index in [1.165, 1.54) is 37.7 Å². The molecule has 29 heavy (non-hydrogen) atoms. The maximum absolute atomic E-state index is 12.4. The molecule has 1 heterocycles. The van der Waals surface area contributed by atoms with E-state index in [9.17, 15) is 4.79 Å². The van der Waals surface area contributed by atoms with Crippen LogP contribution >= 0.6 is 0 Å². The van der Waals surface area contributed by atoms with Gasteiger partial charge in [-0.3, -0.25) is 4.79 Å². The van der Waals surface area contributed by atoms with Crippen LogP contribution in [-0.4, -0.2) is 12.5 Å². The Morgan fingerprint density at radius 2 is 1.86 bits per heavy atom. The Labute approximate surface area is 172 Å². The van der Waals surface area contributed by atoms with Gasteiger partial charge in [-0.2, -0.15) is 0 Å². The van der Waals surface area contributed by atoms with Crippen LogP contribution in [0.3, 0.4) is 0 Å². The molecule has 0 spiro atoms. The Morgan fingerprint density at radius 1 is 1.10 bits per heavy atom. The molecule has 2 aromatic carbocycles. The van der Waals surface area contributed by atoms with E-state index in [2.05, 4.69) is 40.2 Å². The van der Waals surface area contributed by atoms with Crippen LogP contribution in [0.2, 0.25) is 0 Å². The Bertz CT molecular complexity index is 911. The van der Waals surface area contributed by atoms with Crippen molar-refractivity contribution in [3.63, 3.8) is 0 Å². The molecule has 1 fully saturated rings. The highest BCUT2D eigenvalue weighted by Crippen LogP contribution is 2.35. The zero-order chi connectivity index (χ0) is 20.2. The molecule has 4 rings (SSSR count). The fraction of sp³-hybridized carbons (Fsp3) is 0.375. The van der Waals surface area contributed by atoms with Gasteiger partial charge in [0.2, 0.25) is 0 Å². The summed E-state index contributed by atoms with van der Waals surface area (Å²) in [5.74, 6) is 0.743. The molecule has 5 nitrogen and oxygen atoms in total. The highest BCUT2D eigenvalue weighted by atomic mass is 16.2. The average Bonchev–Trinajstić information content (AvgIpc) is 3.05. The third-order valence-electron chi connectivity index (χ3n) is 5.94. The molecule has 0 aromatic heterocycles. The van der Waals surface area contributed by atoms with Crippen LogP contribution in [0.1, 0.15) is 50.2 Å². The van der Waals surface area contributed by atoms with Crippen LogP contribution in [0.15, 0.2) is 48.2 Å². The van der Waals surface area contributed by atoms with Gasteiger partial charge >= 0.3 is 0 Å². The summed E-state index contributed by atoms with van der Waals surface area (Å²) in [6, 6.07) is 13.9. The minimum absolute atomic E-state index is 0.0980. The van der Waals surface area contributed by atoms with Gasteiger partial charge in [-0.05, 0) is 68.1 Å². The van der Waals surface area contributed by atoms with Crippen LogP contribution in [-0.2, 0) is 11.3 Å². The Hall–Kier alpha value is -2.79. The summed E-state index contributed by atoms with van der Waals surface area (Å²) < 4.78 is 0. The van der Waals surface area contributed by atoms with Crippen LogP contribution < -0.4 is 21.7 Å². The monoisotopic (exact) mass is 390 g/mol. The molecule has 0 saturated heterocycles. The van der Waals surface area contributed by atoms with Crippen molar-refractivity contribution in [3.8, 4) is 0 Å². The lowest BCUT2D eigenvalue weighted by Gasteiger charge is -2.21. The number of fused-ring (bicyclic) bond motifs is 1. The highest BCUT2D eigenvalue weighted by molar-refractivity contribution is 6.32. The standard InChI is InChI=1S/C24H30N4O/c1-16(23-21-13-19(25)9-12-22(21)28-24(23)29)27-20-10-7-18(8-11-20)15-26-14-17-5-3-2-4-6-17/h7-13,17,26-27H,2-6,14-15,25H2,1H3,(H,28,29)/b23-16-. The number of rotatable bonds is 6. The van der Waals surface area contributed by atoms with Gasteiger partial charge in [0.15, 0.2) is 0 Å². The van der Waals surface area contributed by atoms with Crippen molar-refractivity contribution in [2.75, 3.05) is 22.9 Å². The summed E-state index contributed by atoms with van der Waals surface area (Å²) in [4.78, 5) is 12.4. The maximum Gasteiger partial charge on any atom is 0.258 e. The molecule has 152 valence electrons. The second-order valence-electron chi connectivity index (χ2n) is 8.22. The fourth-order valence-corrected chi connectivity index (χ4v) is 4.35. The molecule has 0 unspecified atom stereocenters. The van der Waals surface area contributed by atoms with Gasteiger partial charge in [-0.15, -0.1) is 0 Å². The van der Waals surface area contributed by atoms with Crippen molar-refractivity contribution < 1.29 is 4.79 Å². The smallest absolute Gasteiger partial charge is 0.258 e. The van der Waals surface area contributed by atoms with Gasteiger partial charge < -0.3 is 21.7 Å². The molecular weight excluding hydrogens is 360 g/mol. The second kappa shape index (κ2) is 8.70. The molecule has 2 aliphatic rings. The van der Waals surface area contributed by atoms with E-state index < -0.39 is 0 Å². The molecule has 1 aliphatic carbocycles. The molecule has 0 bridgehead atoms. The SMILES string of the molecule is C/C(Nc1ccc(CNCC2CCCCC2)cc1)=C1/C(=O)Nc2ccc(N)cc21.